The molecule has 0 aliphatic heterocycles. The van der Waals surface area contributed by atoms with E-state index in [0.29, 0.717) is 17.4 Å². The van der Waals surface area contributed by atoms with Crippen LogP contribution >= 0.6 is 39.7 Å². The van der Waals surface area contributed by atoms with Crippen molar-refractivity contribution in [3.8, 4) is 11.8 Å². The maximum absolute atomic E-state index is 8.98. The molecule has 0 heterocycles. The summed E-state index contributed by atoms with van der Waals surface area (Å²) < 4.78 is 6.55. The monoisotopic (exact) mass is 406 g/mol. The number of hydrogen-bond acceptors (Lipinski definition) is 3. The summed E-state index contributed by atoms with van der Waals surface area (Å²) in [5.41, 5.74) is 7.57. The van der Waals surface area contributed by atoms with Gasteiger partial charge in [0, 0.05) is 5.02 Å². The SMILES string of the molecule is N#C/C(=C\c1ccc(OCc2ccc(Cl)cc2)c(Br)c1)C(N)=S. The molecule has 0 spiro atoms. The highest BCUT2D eigenvalue weighted by Gasteiger charge is 2.05. The van der Waals surface area contributed by atoms with Crippen LogP contribution in [0.15, 0.2) is 52.5 Å². The van der Waals surface area contributed by atoms with Gasteiger partial charge in [-0.2, -0.15) is 5.26 Å². The van der Waals surface area contributed by atoms with Crippen molar-refractivity contribution >= 4 is 50.8 Å². The van der Waals surface area contributed by atoms with Gasteiger partial charge in [0.25, 0.3) is 0 Å². The molecule has 0 aliphatic carbocycles. The maximum Gasteiger partial charge on any atom is 0.134 e. The third kappa shape index (κ3) is 5.07. The molecule has 0 saturated carbocycles. The molecule has 0 saturated heterocycles. The summed E-state index contributed by atoms with van der Waals surface area (Å²) in [6, 6.07) is 14.9. The molecule has 0 amide bonds. The van der Waals surface area contributed by atoms with Crippen LogP contribution in [0.3, 0.4) is 0 Å². The molecular weight excluding hydrogens is 396 g/mol. The predicted octanol–water partition coefficient (Wildman–Crippen LogP) is 4.87. The number of benzene rings is 2. The molecule has 23 heavy (non-hydrogen) atoms. The highest BCUT2D eigenvalue weighted by Crippen LogP contribution is 2.28. The quantitative estimate of drug-likeness (QED) is 0.436. The van der Waals surface area contributed by atoms with Gasteiger partial charge in [-0.05, 0) is 57.4 Å². The minimum atomic E-state index is 0.0756. The van der Waals surface area contributed by atoms with Crippen LogP contribution in [0.1, 0.15) is 11.1 Å². The van der Waals surface area contributed by atoms with Crippen LogP contribution in [0.4, 0.5) is 0 Å². The predicted molar refractivity (Wildman–Crippen MR) is 100 cm³/mol. The van der Waals surface area contributed by atoms with E-state index in [2.05, 4.69) is 15.9 Å². The highest BCUT2D eigenvalue weighted by atomic mass is 79.9. The fourth-order valence-electron chi connectivity index (χ4n) is 1.79. The molecule has 0 radical (unpaired) electrons. The second-order valence-corrected chi connectivity index (χ2v) is 6.37. The fraction of sp³-hybridized carbons (Fsp3) is 0.0588. The van der Waals surface area contributed by atoms with E-state index in [9.17, 15) is 0 Å². The van der Waals surface area contributed by atoms with E-state index in [1.165, 1.54) is 0 Å². The zero-order valence-corrected chi connectivity index (χ0v) is 15.1. The second kappa shape index (κ2) is 8.11. The highest BCUT2D eigenvalue weighted by molar-refractivity contribution is 9.10. The average Bonchev–Trinajstić information content (AvgIpc) is 2.53. The third-order valence-corrected chi connectivity index (χ3v) is 4.05. The van der Waals surface area contributed by atoms with Crippen LogP contribution in [0, 0.1) is 11.3 Å². The topological polar surface area (TPSA) is 59.0 Å². The van der Waals surface area contributed by atoms with Gasteiger partial charge >= 0.3 is 0 Å². The number of rotatable bonds is 5. The van der Waals surface area contributed by atoms with Crippen molar-refractivity contribution in [2.75, 3.05) is 0 Å². The van der Waals surface area contributed by atoms with Gasteiger partial charge < -0.3 is 10.5 Å². The summed E-state index contributed by atoms with van der Waals surface area (Å²) in [7, 11) is 0. The minimum Gasteiger partial charge on any atom is -0.488 e. The van der Waals surface area contributed by atoms with E-state index in [1.807, 2.05) is 48.5 Å². The number of ether oxygens (including phenoxy) is 1. The van der Waals surface area contributed by atoms with Crippen molar-refractivity contribution in [3.63, 3.8) is 0 Å². The van der Waals surface area contributed by atoms with Crippen LogP contribution in [-0.4, -0.2) is 4.99 Å². The molecule has 0 aromatic heterocycles. The van der Waals surface area contributed by atoms with Crippen molar-refractivity contribution < 1.29 is 4.74 Å². The van der Waals surface area contributed by atoms with Gasteiger partial charge in [0.15, 0.2) is 0 Å². The molecule has 116 valence electrons. The molecule has 0 unspecified atom stereocenters. The maximum atomic E-state index is 8.98. The lowest BCUT2D eigenvalue weighted by molar-refractivity contribution is 0.304. The Morgan fingerprint density at radius 2 is 2.00 bits per heavy atom. The van der Waals surface area contributed by atoms with E-state index >= 15 is 0 Å². The molecule has 2 rings (SSSR count). The molecule has 2 aromatic carbocycles. The summed E-state index contributed by atoms with van der Waals surface area (Å²) in [6.45, 7) is 0.432. The zero-order chi connectivity index (χ0) is 16.8. The summed E-state index contributed by atoms with van der Waals surface area (Å²) in [4.78, 5) is 0.0756. The van der Waals surface area contributed by atoms with Gasteiger partial charge in [0.05, 0.1) is 10.0 Å². The van der Waals surface area contributed by atoms with Crippen LogP contribution in [0.25, 0.3) is 6.08 Å². The first-order chi connectivity index (χ1) is 11.0. The van der Waals surface area contributed by atoms with Crippen molar-refractivity contribution in [1.29, 1.82) is 5.26 Å². The molecule has 0 atom stereocenters. The van der Waals surface area contributed by atoms with Crippen LogP contribution in [0.5, 0.6) is 5.75 Å². The Morgan fingerprint density at radius 3 is 2.57 bits per heavy atom. The summed E-state index contributed by atoms with van der Waals surface area (Å²) >= 11 is 14.1. The molecule has 3 nitrogen and oxygen atoms in total. The Morgan fingerprint density at radius 1 is 1.30 bits per heavy atom. The first kappa shape index (κ1) is 17.5. The molecule has 2 N–H and O–H groups in total. The Labute approximate surface area is 153 Å². The molecule has 0 aliphatic rings. The normalized spacial score (nSPS) is 10.9. The van der Waals surface area contributed by atoms with E-state index in [4.69, 9.17) is 39.6 Å². The minimum absolute atomic E-state index is 0.0756. The number of hydrogen-bond donors (Lipinski definition) is 1. The number of halogens is 2. The lowest BCUT2D eigenvalue weighted by Crippen LogP contribution is -2.09. The van der Waals surface area contributed by atoms with Crippen LogP contribution in [0.2, 0.25) is 5.02 Å². The first-order valence-electron chi connectivity index (χ1n) is 6.58. The first-order valence-corrected chi connectivity index (χ1v) is 8.16. The Balaban J connectivity index is 2.12. The standard InChI is InChI=1S/C17H12BrClN2OS/c18-15-8-12(7-13(9-20)17(21)23)3-6-16(15)22-10-11-1-4-14(19)5-2-11/h1-8H,10H2,(H2,21,23)/b13-7+. The van der Waals surface area contributed by atoms with Gasteiger partial charge in [0.1, 0.15) is 23.4 Å². The van der Waals surface area contributed by atoms with Crippen LogP contribution in [-0.2, 0) is 6.61 Å². The Bertz CT molecular complexity index is 797. The molecule has 2 aromatic rings. The number of nitrogens with two attached hydrogens (primary N) is 1. The van der Waals surface area contributed by atoms with E-state index in [0.717, 1.165) is 15.6 Å². The van der Waals surface area contributed by atoms with Gasteiger partial charge in [0.2, 0.25) is 0 Å². The Hall–Kier alpha value is -1.87. The summed E-state index contributed by atoms with van der Waals surface area (Å²) in [5.74, 6) is 0.700. The van der Waals surface area contributed by atoms with E-state index in [-0.39, 0.29) is 10.6 Å². The van der Waals surface area contributed by atoms with Crippen molar-refractivity contribution in [2.24, 2.45) is 5.73 Å². The zero-order valence-electron chi connectivity index (χ0n) is 11.9. The second-order valence-electron chi connectivity index (χ2n) is 4.64. The van der Waals surface area contributed by atoms with Gasteiger partial charge in [-0.15, -0.1) is 0 Å². The third-order valence-electron chi connectivity index (χ3n) is 2.96. The lowest BCUT2D eigenvalue weighted by atomic mass is 10.1. The average molecular weight is 408 g/mol. The van der Waals surface area contributed by atoms with Gasteiger partial charge in [-0.1, -0.05) is 42.0 Å². The molecule has 6 heteroatoms. The lowest BCUT2D eigenvalue weighted by Gasteiger charge is -2.09. The van der Waals surface area contributed by atoms with Gasteiger partial charge in [-0.25, -0.2) is 0 Å². The van der Waals surface area contributed by atoms with Crippen molar-refractivity contribution in [1.82, 2.24) is 0 Å². The van der Waals surface area contributed by atoms with Gasteiger partial charge in [-0.3, -0.25) is 0 Å². The fourth-order valence-corrected chi connectivity index (χ4v) is 2.53. The van der Waals surface area contributed by atoms with E-state index in [1.54, 1.807) is 6.08 Å². The smallest absolute Gasteiger partial charge is 0.134 e. The number of nitrogens with zero attached hydrogens (tertiary/aromatic N) is 1. The summed E-state index contributed by atoms with van der Waals surface area (Å²) in [5, 5.41) is 9.67. The molecule has 0 fully saturated rings. The Kier molecular flexibility index (Phi) is 6.17. The van der Waals surface area contributed by atoms with Crippen molar-refractivity contribution in [3.05, 3.63) is 68.7 Å². The summed E-state index contributed by atoms with van der Waals surface area (Å²) in [6.07, 6.45) is 1.63. The number of nitriles is 1. The van der Waals surface area contributed by atoms with Crippen LogP contribution < -0.4 is 10.5 Å². The molecular formula is C17H12BrClN2OS. The largest absolute Gasteiger partial charge is 0.488 e. The number of thiocarbonyl (C=S) groups is 1. The van der Waals surface area contributed by atoms with E-state index < -0.39 is 0 Å². The molecule has 0 bridgehead atoms. The van der Waals surface area contributed by atoms with Crippen molar-refractivity contribution in [2.45, 2.75) is 6.61 Å².